The predicted octanol–water partition coefficient (Wildman–Crippen LogP) is 2.86. The van der Waals surface area contributed by atoms with Gasteiger partial charge in [0.15, 0.2) is 0 Å². The third kappa shape index (κ3) is 2.84. The zero-order valence-electron chi connectivity index (χ0n) is 10.8. The summed E-state index contributed by atoms with van der Waals surface area (Å²) in [5.41, 5.74) is 1.99. The SMILES string of the molecule is CNC(C)c1cccnc1Oc1ccc(C)nc1. The number of pyridine rings is 2. The van der Waals surface area contributed by atoms with E-state index >= 15 is 0 Å². The van der Waals surface area contributed by atoms with Crippen molar-refractivity contribution >= 4 is 0 Å². The third-order valence-corrected chi connectivity index (χ3v) is 2.80. The molecule has 4 nitrogen and oxygen atoms in total. The van der Waals surface area contributed by atoms with Crippen LogP contribution in [0.1, 0.15) is 24.2 Å². The minimum Gasteiger partial charge on any atom is -0.437 e. The maximum absolute atomic E-state index is 5.77. The van der Waals surface area contributed by atoms with Crippen LogP contribution in [0.3, 0.4) is 0 Å². The molecule has 0 bridgehead atoms. The van der Waals surface area contributed by atoms with Crippen LogP contribution in [0, 0.1) is 6.92 Å². The molecule has 0 aliphatic heterocycles. The fourth-order valence-corrected chi connectivity index (χ4v) is 1.60. The molecule has 0 aliphatic carbocycles. The Morgan fingerprint density at radius 1 is 1.22 bits per heavy atom. The van der Waals surface area contributed by atoms with Crippen molar-refractivity contribution in [2.75, 3.05) is 7.05 Å². The highest BCUT2D eigenvalue weighted by Crippen LogP contribution is 2.26. The maximum atomic E-state index is 5.77. The standard InChI is InChI=1S/C14H17N3O/c1-10-6-7-12(9-17-10)18-14-13(11(2)15-3)5-4-8-16-14/h4-9,11,15H,1-3H3. The number of rotatable bonds is 4. The lowest BCUT2D eigenvalue weighted by Crippen LogP contribution is -2.13. The second-order valence-electron chi connectivity index (χ2n) is 4.15. The maximum Gasteiger partial charge on any atom is 0.224 e. The van der Waals surface area contributed by atoms with Crippen LogP contribution in [0.15, 0.2) is 36.7 Å². The average molecular weight is 243 g/mol. The number of aryl methyl sites for hydroxylation is 1. The van der Waals surface area contributed by atoms with Gasteiger partial charge in [0.05, 0.1) is 6.20 Å². The Balaban J connectivity index is 2.26. The second-order valence-corrected chi connectivity index (χ2v) is 4.15. The van der Waals surface area contributed by atoms with Crippen LogP contribution in [-0.4, -0.2) is 17.0 Å². The predicted molar refractivity (Wildman–Crippen MR) is 70.8 cm³/mol. The van der Waals surface area contributed by atoms with E-state index in [9.17, 15) is 0 Å². The summed E-state index contributed by atoms with van der Waals surface area (Å²) >= 11 is 0. The molecule has 0 amide bonds. The molecule has 2 aromatic heterocycles. The van der Waals surface area contributed by atoms with Gasteiger partial charge in [0.25, 0.3) is 0 Å². The Labute approximate surface area is 107 Å². The van der Waals surface area contributed by atoms with Gasteiger partial charge in [0.2, 0.25) is 5.88 Å². The number of nitrogens with zero attached hydrogens (tertiary/aromatic N) is 2. The highest BCUT2D eigenvalue weighted by molar-refractivity contribution is 5.33. The van der Waals surface area contributed by atoms with Crippen LogP contribution >= 0.6 is 0 Å². The normalized spacial score (nSPS) is 12.2. The van der Waals surface area contributed by atoms with Crippen molar-refractivity contribution in [3.8, 4) is 11.6 Å². The molecule has 0 aromatic carbocycles. The third-order valence-electron chi connectivity index (χ3n) is 2.80. The van der Waals surface area contributed by atoms with Crippen LogP contribution in [0.25, 0.3) is 0 Å². The van der Waals surface area contributed by atoms with Gasteiger partial charge >= 0.3 is 0 Å². The second kappa shape index (κ2) is 5.60. The molecule has 0 fully saturated rings. The minimum atomic E-state index is 0.187. The van der Waals surface area contributed by atoms with E-state index in [1.807, 2.05) is 38.2 Å². The average Bonchev–Trinajstić information content (AvgIpc) is 2.41. The smallest absolute Gasteiger partial charge is 0.224 e. The monoisotopic (exact) mass is 243 g/mol. The Morgan fingerprint density at radius 3 is 2.72 bits per heavy atom. The molecule has 1 unspecified atom stereocenters. The van der Waals surface area contributed by atoms with E-state index in [0.717, 1.165) is 11.3 Å². The van der Waals surface area contributed by atoms with Crippen molar-refractivity contribution in [2.24, 2.45) is 0 Å². The molecule has 0 saturated heterocycles. The Bertz CT molecular complexity index is 511. The van der Waals surface area contributed by atoms with E-state index < -0.39 is 0 Å². The molecule has 0 aliphatic rings. The van der Waals surface area contributed by atoms with Gasteiger partial charge in [-0.2, -0.15) is 0 Å². The quantitative estimate of drug-likeness (QED) is 0.897. The van der Waals surface area contributed by atoms with Gasteiger partial charge in [0, 0.05) is 23.5 Å². The molecule has 2 rings (SSSR count). The summed E-state index contributed by atoms with van der Waals surface area (Å²) in [7, 11) is 1.91. The van der Waals surface area contributed by atoms with Crippen LogP contribution in [0.4, 0.5) is 0 Å². The van der Waals surface area contributed by atoms with Crippen LogP contribution in [0.5, 0.6) is 11.6 Å². The van der Waals surface area contributed by atoms with Gasteiger partial charge in [-0.05, 0) is 39.1 Å². The van der Waals surface area contributed by atoms with Gasteiger partial charge in [-0.1, -0.05) is 6.07 Å². The molecule has 0 spiro atoms. The first kappa shape index (κ1) is 12.5. The molecule has 4 heteroatoms. The first-order chi connectivity index (χ1) is 8.70. The van der Waals surface area contributed by atoms with E-state index in [1.165, 1.54) is 0 Å². The zero-order valence-corrected chi connectivity index (χ0v) is 10.8. The number of hydrogen-bond donors (Lipinski definition) is 1. The zero-order chi connectivity index (χ0) is 13.0. The summed E-state index contributed by atoms with van der Waals surface area (Å²) in [5, 5.41) is 3.18. The minimum absolute atomic E-state index is 0.187. The molecule has 2 heterocycles. The Morgan fingerprint density at radius 2 is 2.06 bits per heavy atom. The number of nitrogens with one attached hydrogen (secondary N) is 1. The first-order valence-corrected chi connectivity index (χ1v) is 5.93. The van der Waals surface area contributed by atoms with Gasteiger partial charge in [0.1, 0.15) is 5.75 Å². The molecule has 1 N–H and O–H groups in total. The van der Waals surface area contributed by atoms with Gasteiger partial charge in [-0.3, -0.25) is 4.98 Å². The Kier molecular flexibility index (Phi) is 3.89. The lowest BCUT2D eigenvalue weighted by atomic mass is 10.1. The topological polar surface area (TPSA) is 47.0 Å². The molecule has 1 atom stereocenters. The van der Waals surface area contributed by atoms with E-state index in [4.69, 9.17) is 4.74 Å². The summed E-state index contributed by atoms with van der Waals surface area (Å²) in [6, 6.07) is 7.91. The number of hydrogen-bond acceptors (Lipinski definition) is 4. The molecule has 18 heavy (non-hydrogen) atoms. The van der Waals surface area contributed by atoms with Crippen molar-refractivity contribution < 1.29 is 4.74 Å². The molecule has 2 aromatic rings. The van der Waals surface area contributed by atoms with Gasteiger partial charge in [-0.15, -0.1) is 0 Å². The molecule has 94 valence electrons. The summed E-state index contributed by atoms with van der Waals surface area (Å²) in [6.45, 7) is 4.01. The summed E-state index contributed by atoms with van der Waals surface area (Å²) in [6.07, 6.45) is 3.43. The summed E-state index contributed by atoms with van der Waals surface area (Å²) < 4.78 is 5.77. The largest absolute Gasteiger partial charge is 0.437 e. The van der Waals surface area contributed by atoms with Crippen molar-refractivity contribution in [1.82, 2.24) is 15.3 Å². The van der Waals surface area contributed by atoms with Crippen molar-refractivity contribution in [2.45, 2.75) is 19.9 Å². The lowest BCUT2D eigenvalue weighted by molar-refractivity contribution is 0.444. The summed E-state index contributed by atoms with van der Waals surface area (Å²) in [4.78, 5) is 8.48. The molecular formula is C14H17N3O. The number of aromatic nitrogens is 2. The fourth-order valence-electron chi connectivity index (χ4n) is 1.60. The Hall–Kier alpha value is -1.94. The first-order valence-electron chi connectivity index (χ1n) is 5.93. The van der Waals surface area contributed by atoms with Crippen LogP contribution in [-0.2, 0) is 0 Å². The van der Waals surface area contributed by atoms with E-state index in [-0.39, 0.29) is 6.04 Å². The van der Waals surface area contributed by atoms with Gasteiger partial charge in [-0.25, -0.2) is 4.98 Å². The van der Waals surface area contributed by atoms with E-state index in [2.05, 4.69) is 22.2 Å². The fraction of sp³-hybridized carbons (Fsp3) is 0.286. The van der Waals surface area contributed by atoms with Gasteiger partial charge < -0.3 is 10.1 Å². The van der Waals surface area contributed by atoms with Crippen LogP contribution in [0.2, 0.25) is 0 Å². The molecular weight excluding hydrogens is 226 g/mol. The molecule has 0 saturated carbocycles. The number of ether oxygens (including phenoxy) is 1. The lowest BCUT2D eigenvalue weighted by Gasteiger charge is -2.14. The van der Waals surface area contributed by atoms with E-state index in [1.54, 1.807) is 12.4 Å². The van der Waals surface area contributed by atoms with Crippen molar-refractivity contribution in [3.63, 3.8) is 0 Å². The van der Waals surface area contributed by atoms with Crippen molar-refractivity contribution in [3.05, 3.63) is 47.9 Å². The van der Waals surface area contributed by atoms with Crippen molar-refractivity contribution in [1.29, 1.82) is 0 Å². The highest BCUT2D eigenvalue weighted by Gasteiger charge is 2.11. The molecule has 0 radical (unpaired) electrons. The highest BCUT2D eigenvalue weighted by atomic mass is 16.5. The van der Waals surface area contributed by atoms with Crippen LogP contribution < -0.4 is 10.1 Å². The van der Waals surface area contributed by atoms with E-state index in [0.29, 0.717) is 11.6 Å². The summed E-state index contributed by atoms with van der Waals surface area (Å²) in [5.74, 6) is 1.31.